The predicted octanol–water partition coefficient (Wildman–Crippen LogP) is 3.22. The maximum absolute atomic E-state index is 12.5. The first-order chi connectivity index (χ1) is 14.8. The van der Waals surface area contributed by atoms with Crippen LogP contribution in [0.5, 0.6) is 0 Å². The van der Waals surface area contributed by atoms with E-state index in [1.807, 2.05) is 26.0 Å². The molecule has 2 aromatic carbocycles. The molecule has 0 fully saturated rings. The number of aryl methyl sites for hydroxylation is 2. The number of amides is 1. The van der Waals surface area contributed by atoms with Crippen molar-refractivity contribution in [2.45, 2.75) is 25.2 Å². The lowest BCUT2D eigenvalue weighted by atomic mass is 10.1. The lowest BCUT2D eigenvalue weighted by molar-refractivity contribution is -0.115. The van der Waals surface area contributed by atoms with Crippen molar-refractivity contribution in [1.82, 2.24) is 15.1 Å². The molecule has 0 aliphatic rings. The maximum atomic E-state index is 12.5. The normalized spacial score (nSPS) is 11.4. The molecule has 10 heteroatoms. The number of hydrogen-bond acceptors (Lipinski definition) is 7. The minimum absolute atomic E-state index is 0.0197. The molecule has 158 valence electrons. The van der Waals surface area contributed by atoms with E-state index in [1.54, 1.807) is 6.07 Å². The van der Waals surface area contributed by atoms with Crippen molar-refractivity contribution in [1.29, 1.82) is 0 Å². The van der Waals surface area contributed by atoms with Crippen LogP contribution in [0.4, 0.5) is 11.6 Å². The number of fused-ring (bicyclic) bond motifs is 1. The van der Waals surface area contributed by atoms with E-state index >= 15 is 0 Å². The van der Waals surface area contributed by atoms with Crippen LogP contribution in [0.1, 0.15) is 16.8 Å². The Kier molecular flexibility index (Phi) is 5.38. The number of carbonyl (C=O) groups excluding carboxylic acids is 1. The Morgan fingerprint density at radius 1 is 1.03 bits per heavy atom. The molecule has 2 N–H and O–H groups in total. The zero-order valence-electron chi connectivity index (χ0n) is 16.8. The number of rotatable bonds is 6. The molecule has 0 bridgehead atoms. The van der Waals surface area contributed by atoms with Gasteiger partial charge in [-0.1, -0.05) is 5.16 Å². The first-order valence-electron chi connectivity index (χ1n) is 9.37. The summed E-state index contributed by atoms with van der Waals surface area (Å²) in [6.07, 6.45) is 2.90. The van der Waals surface area contributed by atoms with Gasteiger partial charge in [-0.2, -0.15) is 0 Å². The van der Waals surface area contributed by atoms with Gasteiger partial charge in [0.1, 0.15) is 5.69 Å². The van der Waals surface area contributed by atoms with Crippen molar-refractivity contribution in [2.75, 3.05) is 10.0 Å². The van der Waals surface area contributed by atoms with Crippen LogP contribution < -0.4 is 10.0 Å². The number of aromatic nitrogens is 3. The summed E-state index contributed by atoms with van der Waals surface area (Å²) >= 11 is 0. The average molecular weight is 437 g/mol. The molecule has 31 heavy (non-hydrogen) atoms. The molecule has 0 spiro atoms. The molecule has 4 aromatic rings. The van der Waals surface area contributed by atoms with Gasteiger partial charge in [0.2, 0.25) is 11.9 Å². The Morgan fingerprint density at radius 3 is 2.42 bits per heavy atom. The highest BCUT2D eigenvalue weighted by Crippen LogP contribution is 2.23. The highest BCUT2D eigenvalue weighted by atomic mass is 32.2. The molecule has 0 aliphatic heterocycles. The van der Waals surface area contributed by atoms with Gasteiger partial charge in [-0.3, -0.25) is 4.79 Å². The number of benzene rings is 2. The van der Waals surface area contributed by atoms with E-state index < -0.39 is 10.0 Å². The second-order valence-electron chi connectivity index (χ2n) is 6.99. The predicted molar refractivity (Wildman–Crippen MR) is 115 cm³/mol. The van der Waals surface area contributed by atoms with Crippen molar-refractivity contribution < 1.29 is 17.7 Å². The van der Waals surface area contributed by atoms with E-state index in [0.717, 1.165) is 16.5 Å². The van der Waals surface area contributed by atoms with E-state index in [4.69, 9.17) is 4.52 Å². The summed E-state index contributed by atoms with van der Waals surface area (Å²) < 4.78 is 32.5. The van der Waals surface area contributed by atoms with Crippen LogP contribution in [-0.2, 0) is 21.2 Å². The third kappa shape index (κ3) is 4.53. The van der Waals surface area contributed by atoms with Gasteiger partial charge >= 0.3 is 0 Å². The van der Waals surface area contributed by atoms with Crippen LogP contribution in [0.2, 0.25) is 0 Å². The lowest BCUT2D eigenvalue weighted by Crippen LogP contribution is -2.16. The number of carbonyl (C=O) groups is 1. The Labute approximate surface area is 178 Å². The van der Waals surface area contributed by atoms with Crippen molar-refractivity contribution in [3.63, 3.8) is 0 Å². The zero-order chi connectivity index (χ0) is 22.0. The monoisotopic (exact) mass is 437 g/mol. The molecule has 4 rings (SSSR count). The van der Waals surface area contributed by atoms with Crippen LogP contribution in [-0.4, -0.2) is 29.4 Å². The molecule has 2 aromatic heterocycles. The third-order valence-corrected chi connectivity index (χ3v) is 6.07. The van der Waals surface area contributed by atoms with Gasteiger partial charge in [0.25, 0.3) is 10.0 Å². The topological polar surface area (TPSA) is 127 Å². The molecule has 0 saturated heterocycles. The molecule has 0 aliphatic carbocycles. The number of nitrogens with one attached hydrogen (secondary N) is 2. The van der Waals surface area contributed by atoms with Gasteiger partial charge in [0.05, 0.1) is 11.3 Å². The van der Waals surface area contributed by atoms with Crippen molar-refractivity contribution in [2.24, 2.45) is 0 Å². The molecular formula is C21H19N5O4S. The van der Waals surface area contributed by atoms with E-state index in [1.165, 1.54) is 36.7 Å². The minimum atomic E-state index is -3.84. The van der Waals surface area contributed by atoms with Crippen molar-refractivity contribution in [3.05, 3.63) is 71.7 Å². The Morgan fingerprint density at radius 2 is 1.71 bits per heavy atom. The van der Waals surface area contributed by atoms with E-state index in [9.17, 15) is 13.2 Å². The second-order valence-corrected chi connectivity index (χ2v) is 8.67. The molecule has 1 amide bonds. The standard InChI is InChI=1S/C21H19N5O4S/c1-13-10-17-18(25-30-19(17)11-14(13)2)12-20(27)24-15-4-6-16(7-5-15)31(28,29)26-21-22-8-3-9-23-21/h3-11H,12H2,1-2H3,(H,24,27)(H,22,23,26). The largest absolute Gasteiger partial charge is 0.356 e. The summed E-state index contributed by atoms with van der Waals surface area (Å²) in [6, 6.07) is 11.2. The molecule has 0 atom stereocenters. The lowest BCUT2D eigenvalue weighted by Gasteiger charge is -2.08. The summed E-state index contributed by atoms with van der Waals surface area (Å²) in [5.41, 5.74) is 3.81. The quantitative estimate of drug-likeness (QED) is 0.474. The summed E-state index contributed by atoms with van der Waals surface area (Å²) in [4.78, 5) is 20.2. The Bertz CT molecular complexity index is 1350. The van der Waals surface area contributed by atoms with E-state index in [2.05, 4.69) is 25.2 Å². The van der Waals surface area contributed by atoms with E-state index in [-0.39, 0.29) is 23.2 Å². The first-order valence-corrected chi connectivity index (χ1v) is 10.9. The fourth-order valence-electron chi connectivity index (χ4n) is 2.98. The number of hydrogen-bond donors (Lipinski definition) is 2. The molecule has 0 radical (unpaired) electrons. The van der Waals surface area contributed by atoms with Crippen LogP contribution in [0.15, 0.2) is 64.3 Å². The van der Waals surface area contributed by atoms with Crippen LogP contribution in [0.25, 0.3) is 11.0 Å². The number of nitrogens with zero attached hydrogens (tertiary/aromatic N) is 3. The van der Waals surface area contributed by atoms with Gasteiger partial charge in [-0.25, -0.2) is 23.1 Å². The Balaban J connectivity index is 1.44. The van der Waals surface area contributed by atoms with Crippen LogP contribution in [0.3, 0.4) is 0 Å². The average Bonchev–Trinajstić information content (AvgIpc) is 3.10. The van der Waals surface area contributed by atoms with Crippen LogP contribution >= 0.6 is 0 Å². The van der Waals surface area contributed by atoms with Gasteiger partial charge in [-0.05, 0) is 67.4 Å². The highest BCUT2D eigenvalue weighted by molar-refractivity contribution is 7.92. The fourth-order valence-corrected chi connectivity index (χ4v) is 3.94. The SMILES string of the molecule is Cc1cc2onc(CC(=O)Nc3ccc(S(=O)(=O)Nc4ncccn4)cc3)c2cc1C. The fraction of sp³-hybridized carbons (Fsp3) is 0.143. The smallest absolute Gasteiger partial charge is 0.264 e. The summed E-state index contributed by atoms with van der Waals surface area (Å²) in [5, 5.41) is 7.55. The van der Waals surface area contributed by atoms with Gasteiger partial charge in [0, 0.05) is 23.5 Å². The zero-order valence-corrected chi connectivity index (χ0v) is 17.6. The summed E-state index contributed by atoms with van der Waals surface area (Å²) in [7, 11) is -3.84. The third-order valence-electron chi connectivity index (χ3n) is 4.73. The van der Waals surface area contributed by atoms with E-state index in [0.29, 0.717) is 17.0 Å². The van der Waals surface area contributed by atoms with Gasteiger partial charge in [0.15, 0.2) is 5.58 Å². The highest BCUT2D eigenvalue weighted by Gasteiger charge is 2.17. The van der Waals surface area contributed by atoms with Gasteiger partial charge < -0.3 is 9.84 Å². The second kappa shape index (κ2) is 8.15. The molecule has 0 unspecified atom stereocenters. The van der Waals surface area contributed by atoms with Crippen molar-refractivity contribution in [3.8, 4) is 0 Å². The molecule has 9 nitrogen and oxygen atoms in total. The Hall–Kier alpha value is -3.79. The van der Waals surface area contributed by atoms with Gasteiger partial charge in [-0.15, -0.1) is 0 Å². The first kappa shape index (κ1) is 20.5. The molecular weight excluding hydrogens is 418 g/mol. The summed E-state index contributed by atoms with van der Waals surface area (Å²) in [6.45, 7) is 3.97. The minimum Gasteiger partial charge on any atom is -0.356 e. The van der Waals surface area contributed by atoms with Crippen molar-refractivity contribution >= 4 is 38.5 Å². The summed E-state index contributed by atoms with van der Waals surface area (Å²) in [5.74, 6) is -0.315. The van der Waals surface area contributed by atoms with Crippen LogP contribution in [0, 0.1) is 13.8 Å². The maximum Gasteiger partial charge on any atom is 0.264 e. The number of sulfonamides is 1. The number of anilines is 2. The molecule has 2 heterocycles. The molecule has 0 saturated carbocycles.